The average molecular weight is 181 g/mol. The summed E-state index contributed by atoms with van der Waals surface area (Å²) in [6.45, 7) is 3.56. The number of nitrogens with two attached hydrogens (primary N) is 1. The molecular weight excluding hydrogens is 162 g/mol. The lowest BCUT2D eigenvalue weighted by atomic mass is 9.92. The van der Waals surface area contributed by atoms with Gasteiger partial charge < -0.3 is 5.73 Å². The van der Waals surface area contributed by atoms with Crippen molar-refractivity contribution >= 4 is 5.78 Å². The van der Waals surface area contributed by atoms with Crippen LogP contribution < -0.4 is 5.73 Å². The van der Waals surface area contributed by atoms with Crippen molar-refractivity contribution in [3.05, 3.63) is 11.6 Å². The van der Waals surface area contributed by atoms with Gasteiger partial charge in [0.05, 0.1) is 5.54 Å². The third-order valence-electron chi connectivity index (χ3n) is 2.42. The fraction of sp³-hybridized carbons (Fsp3) is 0.727. The van der Waals surface area contributed by atoms with Crippen molar-refractivity contribution in [3.63, 3.8) is 0 Å². The Hall–Kier alpha value is -0.630. The Labute approximate surface area is 80.2 Å². The van der Waals surface area contributed by atoms with Crippen LogP contribution in [0.4, 0.5) is 0 Å². The minimum atomic E-state index is -0.698. The Kier molecular flexibility index (Phi) is 3.26. The zero-order valence-corrected chi connectivity index (χ0v) is 8.60. The van der Waals surface area contributed by atoms with Gasteiger partial charge in [0.25, 0.3) is 0 Å². The second-order valence-electron chi connectivity index (χ2n) is 4.38. The number of hydrogen-bond donors (Lipinski definition) is 1. The minimum absolute atomic E-state index is 0.120. The summed E-state index contributed by atoms with van der Waals surface area (Å²) in [7, 11) is 0. The fourth-order valence-electron chi connectivity index (χ4n) is 1.63. The van der Waals surface area contributed by atoms with Gasteiger partial charge in [-0.25, -0.2) is 0 Å². The maximum atomic E-state index is 11.8. The second-order valence-corrected chi connectivity index (χ2v) is 4.38. The molecule has 0 saturated heterocycles. The SMILES string of the molecule is CC(C)(N)C(=O)C1=CCCCCC1. The summed E-state index contributed by atoms with van der Waals surface area (Å²) in [5.41, 5.74) is 6.02. The number of hydrogen-bond acceptors (Lipinski definition) is 2. The molecule has 2 heteroatoms. The number of carbonyl (C=O) groups is 1. The Bertz CT molecular complexity index is 223. The normalized spacial score (nSPS) is 19.2. The molecule has 2 N–H and O–H groups in total. The molecule has 0 aliphatic heterocycles. The summed E-state index contributed by atoms with van der Waals surface area (Å²) in [4.78, 5) is 11.8. The van der Waals surface area contributed by atoms with E-state index in [4.69, 9.17) is 5.73 Å². The van der Waals surface area contributed by atoms with E-state index >= 15 is 0 Å². The molecule has 13 heavy (non-hydrogen) atoms. The molecule has 0 aromatic rings. The van der Waals surface area contributed by atoms with Crippen LogP contribution in [0.15, 0.2) is 11.6 Å². The molecule has 0 aromatic carbocycles. The molecule has 74 valence electrons. The van der Waals surface area contributed by atoms with Crippen LogP contribution >= 0.6 is 0 Å². The van der Waals surface area contributed by atoms with E-state index in [-0.39, 0.29) is 5.78 Å². The van der Waals surface area contributed by atoms with Crippen molar-refractivity contribution in [1.82, 2.24) is 0 Å². The molecule has 1 aliphatic carbocycles. The number of carbonyl (C=O) groups excluding carboxylic acids is 1. The van der Waals surface area contributed by atoms with Crippen LogP contribution in [0.5, 0.6) is 0 Å². The lowest BCUT2D eigenvalue weighted by Crippen LogP contribution is -2.42. The first-order chi connectivity index (χ1) is 6.02. The monoisotopic (exact) mass is 181 g/mol. The van der Waals surface area contributed by atoms with E-state index in [2.05, 4.69) is 6.08 Å². The zero-order valence-electron chi connectivity index (χ0n) is 8.60. The van der Waals surface area contributed by atoms with Gasteiger partial charge in [0.2, 0.25) is 0 Å². The molecule has 1 aliphatic rings. The Morgan fingerprint density at radius 3 is 2.69 bits per heavy atom. The van der Waals surface area contributed by atoms with Crippen LogP contribution in [0.2, 0.25) is 0 Å². The van der Waals surface area contributed by atoms with Gasteiger partial charge in [-0.3, -0.25) is 4.79 Å². The van der Waals surface area contributed by atoms with Crippen LogP contribution in [-0.4, -0.2) is 11.3 Å². The molecule has 0 spiro atoms. The first-order valence-corrected chi connectivity index (χ1v) is 5.04. The smallest absolute Gasteiger partial charge is 0.177 e. The van der Waals surface area contributed by atoms with Crippen LogP contribution in [0.25, 0.3) is 0 Å². The molecule has 0 atom stereocenters. The van der Waals surface area contributed by atoms with Crippen molar-refractivity contribution in [3.8, 4) is 0 Å². The zero-order chi connectivity index (χ0) is 9.90. The number of rotatable bonds is 2. The largest absolute Gasteiger partial charge is 0.319 e. The molecule has 2 nitrogen and oxygen atoms in total. The Morgan fingerprint density at radius 1 is 1.38 bits per heavy atom. The number of Topliss-reactive ketones (excluding diaryl/α,β-unsaturated/α-hetero) is 1. The average Bonchev–Trinajstić information content (AvgIpc) is 2.28. The summed E-state index contributed by atoms with van der Waals surface area (Å²) >= 11 is 0. The van der Waals surface area contributed by atoms with E-state index in [9.17, 15) is 4.79 Å². The molecule has 1 rings (SSSR count). The summed E-state index contributed by atoms with van der Waals surface area (Å²) < 4.78 is 0. The van der Waals surface area contributed by atoms with Crippen molar-refractivity contribution in [1.29, 1.82) is 0 Å². The van der Waals surface area contributed by atoms with Gasteiger partial charge in [-0.1, -0.05) is 12.5 Å². The standard InChI is InChI=1S/C11H19NO/c1-11(2,12)10(13)9-7-5-3-4-6-8-9/h7H,3-6,8,12H2,1-2H3. The van der Waals surface area contributed by atoms with E-state index in [1.165, 1.54) is 12.8 Å². The van der Waals surface area contributed by atoms with Crippen LogP contribution in [0.1, 0.15) is 46.0 Å². The number of allylic oxidation sites excluding steroid dienone is 1. The molecule has 0 unspecified atom stereocenters. The lowest BCUT2D eigenvalue weighted by Gasteiger charge is -2.18. The van der Waals surface area contributed by atoms with Crippen LogP contribution in [0, 0.1) is 0 Å². The van der Waals surface area contributed by atoms with Gasteiger partial charge >= 0.3 is 0 Å². The van der Waals surface area contributed by atoms with Crippen LogP contribution in [0.3, 0.4) is 0 Å². The van der Waals surface area contributed by atoms with Gasteiger partial charge in [0.1, 0.15) is 0 Å². The minimum Gasteiger partial charge on any atom is -0.319 e. The number of ketones is 1. The molecule has 0 bridgehead atoms. The second kappa shape index (κ2) is 4.05. The van der Waals surface area contributed by atoms with Gasteiger partial charge in [0, 0.05) is 0 Å². The van der Waals surface area contributed by atoms with Crippen molar-refractivity contribution < 1.29 is 4.79 Å². The predicted molar refractivity (Wildman–Crippen MR) is 54.4 cm³/mol. The van der Waals surface area contributed by atoms with Crippen LogP contribution in [-0.2, 0) is 4.79 Å². The third kappa shape index (κ3) is 2.96. The van der Waals surface area contributed by atoms with Crippen molar-refractivity contribution in [2.45, 2.75) is 51.5 Å². The van der Waals surface area contributed by atoms with E-state index in [0.717, 1.165) is 24.8 Å². The highest BCUT2D eigenvalue weighted by Gasteiger charge is 2.25. The Balaban J connectivity index is 2.69. The highest BCUT2D eigenvalue weighted by Crippen LogP contribution is 2.20. The molecule has 0 fully saturated rings. The molecular formula is C11H19NO. The maximum absolute atomic E-state index is 11.8. The van der Waals surface area contributed by atoms with Gasteiger partial charge in [0.15, 0.2) is 5.78 Å². The van der Waals surface area contributed by atoms with E-state index in [1.54, 1.807) is 13.8 Å². The molecule has 0 aromatic heterocycles. The van der Waals surface area contributed by atoms with E-state index in [0.29, 0.717) is 0 Å². The van der Waals surface area contributed by atoms with E-state index < -0.39 is 5.54 Å². The summed E-state index contributed by atoms with van der Waals surface area (Å²) in [6, 6.07) is 0. The third-order valence-corrected chi connectivity index (χ3v) is 2.42. The molecule has 0 amide bonds. The topological polar surface area (TPSA) is 43.1 Å². The molecule has 0 radical (unpaired) electrons. The molecule has 0 saturated carbocycles. The first kappa shape index (κ1) is 10.5. The quantitative estimate of drug-likeness (QED) is 0.709. The van der Waals surface area contributed by atoms with Gasteiger partial charge in [-0.2, -0.15) is 0 Å². The summed E-state index contributed by atoms with van der Waals surface area (Å²) in [6.07, 6.45) is 7.61. The highest BCUT2D eigenvalue weighted by atomic mass is 16.1. The highest BCUT2D eigenvalue weighted by molar-refractivity contribution is 6.01. The fourth-order valence-corrected chi connectivity index (χ4v) is 1.63. The van der Waals surface area contributed by atoms with Gasteiger partial charge in [-0.05, 0) is 45.1 Å². The summed E-state index contributed by atoms with van der Waals surface area (Å²) in [5.74, 6) is 0.120. The molecule has 0 heterocycles. The van der Waals surface area contributed by atoms with Crippen molar-refractivity contribution in [2.24, 2.45) is 5.73 Å². The lowest BCUT2D eigenvalue weighted by molar-refractivity contribution is -0.119. The first-order valence-electron chi connectivity index (χ1n) is 5.04. The summed E-state index contributed by atoms with van der Waals surface area (Å²) in [5, 5.41) is 0. The predicted octanol–water partition coefficient (Wildman–Crippen LogP) is 2.18. The maximum Gasteiger partial charge on any atom is 0.177 e. The van der Waals surface area contributed by atoms with Crippen molar-refractivity contribution in [2.75, 3.05) is 0 Å². The Morgan fingerprint density at radius 2 is 2.08 bits per heavy atom. The van der Waals surface area contributed by atoms with E-state index in [1.807, 2.05) is 0 Å². The van der Waals surface area contributed by atoms with Gasteiger partial charge in [-0.15, -0.1) is 0 Å².